The first-order valence-electron chi connectivity index (χ1n) is 11.4. The van der Waals surface area contributed by atoms with Crippen LogP contribution >= 0.6 is 0 Å². The molecule has 0 aromatic heterocycles. The Hall–Kier alpha value is -2.67. The minimum Gasteiger partial charge on any atom is -0.390 e. The molecule has 31 heavy (non-hydrogen) atoms. The lowest BCUT2D eigenvalue weighted by molar-refractivity contribution is 0.0658. The van der Waals surface area contributed by atoms with Crippen molar-refractivity contribution in [2.45, 2.75) is 83.0 Å². The Morgan fingerprint density at radius 1 is 1.16 bits per heavy atom. The first-order chi connectivity index (χ1) is 14.9. The molecule has 7 heteroatoms. The minimum absolute atomic E-state index is 0.0762. The van der Waals surface area contributed by atoms with E-state index in [-0.39, 0.29) is 11.7 Å². The van der Waals surface area contributed by atoms with E-state index in [4.69, 9.17) is 9.97 Å². The highest BCUT2D eigenvalue weighted by molar-refractivity contribution is 5.70. The summed E-state index contributed by atoms with van der Waals surface area (Å²) in [5, 5.41) is 13.8. The van der Waals surface area contributed by atoms with Gasteiger partial charge in [0.15, 0.2) is 5.82 Å². The lowest BCUT2D eigenvalue weighted by Crippen LogP contribution is -2.34. The fourth-order valence-corrected chi connectivity index (χ4v) is 4.90. The summed E-state index contributed by atoms with van der Waals surface area (Å²) in [6, 6.07) is 10.5. The molecule has 1 aromatic rings. The molecule has 0 bridgehead atoms. The Morgan fingerprint density at radius 2 is 1.90 bits per heavy atom. The van der Waals surface area contributed by atoms with Gasteiger partial charge in [-0.1, -0.05) is 43.2 Å². The Morgan fingerprint density at radius 3 is 2.61 bits per heavy atom. The van der Waals surface area contributed by atoms with Gasteiger partial charge in [-0.25, -0.2) is 14.8 Å². The van der Waals surface area contributed by atoms with Gasteiger partial charge in [-0.2, -0.15) is 0 Å². The predicted octanol–water partition coefficient (Wildman–Crippen LogP) is 3.40. The molecule has 1 aromatic carbocycles. The van der Waals surface area contributed by atoms with Crippen LogP contribution in [0.15, 0.2) is 35.1 Å². The third-order valence-corrected chi connectivity index (χ3v) is 6.61. The van der Waals surface area contributed by atoms with E-state index in [0.29, 0.717) is 31.3 Å². The van der Waals surface area contributed by atoms with Crippen molar-refractivity contribution in [1.82, 2.24) is 19.1 Å². The number of benzene rings is 1. The van der Waals surface area contributed by atoms with Crippen LogP contribution in [-0.2, 0) is 19.5 Å². The molecule has 164 valence electrons. The van der Waals surface area contributed by atoms with Gasteiger partial charge in [0.1, 0.15) is 17.3 Å². The summed E-state index contributed by atoms with van der Waals surface area (Å²) < 4.78 is 3.53. The lowest BCUT2D eigenvalue weighted by Gasteiger charge is -2.19. The second kappa shape index (κ2) is 7.79. The summed E-state index contributed by atoms with van der Waals surface area (Å²) in [7, 11) is 0. The molecule has 2 N–H and O–H groups in total. The normalized spacial score (nSPS) is 19.1. The largest absolute Gasteiger partial charge is 0.390 e. The molecule has 1 saturated carbocycles. The van der Waals surface area contributed by atoms with Crippen molar-refractivity contribution in [3.63, 3.8) is 0 Å². The lowest BCUT2D eigenvalue weighted by atomic mass is 10.1. The summed E-state index contributed by atoms with van der Waals surface area (Å²) in [4.78, 5) is 23.3. The van der Waals surface area contributed by atoms with E-state index < -0.39 is 5.60 Å². The van der Waals surface area contributed by atoms with E-state index in [1.165, 1.54) is 18.4 Å². The first-order valence-corrected chi connectivity index (χ1v) is 11.4. The van der Waals surface area contributed by atoms with E-state index in [0.717, 1.165) is 36.6 Å². The highest BCUT2D eigenvalue weighted by Crippen LogP contribution is 2.37. The number of fused-ring (bicyclic) bond motifs is 3. The van der Waals surface area contributed by atoms with Crippen molar-refractivity contribution < 1.29 is 5.11 Å². The molecule has 0 saturated heterocycles. The number of hydrogen-bond donors (Lipinski definition) is 2. The van der Waals surface area contributed by atoms with Crippen LogP contribution in [0.2, 0.25) is 0 Å². The van der Waals surface area contributed by atoms with E-state index in [9.17, 15) is 9.90 Å². The second-order valence-electron chi connectivity index (χ2n) is 9.72. The number of imidazole rings is 1. The van der Waals surface area contributed by atoms with Crippen LogP contribution in [0.1, 0.15) is 63.3 Å². The van der Waals surface area contributed by atoms with Crippen molar-refractivity contribution >= 4 is 5.82 Å². The maximum Gasteiger partial charge on any atom is 0.331 e. The Bertz CT molecular complexity index is 1090. The molecule has 3 aliphatic heterocycles. The molecule has 0 unspecified atom stereocenters. The molecule has 7 nitrogen and oxygen atoms in total. The quantitative estimate of drug-likeness (QED) is 0.637. The number of nitrogens with one attached hydrogen (secondary N) is 1. The number of nitrogens with zero attached hydrogens (tertiary/aromatic N) is 4. The van der Waals surface area contributed by atoms with Crippen LogP contribution in [0.5, 0.6) is 0 Å². The van der Waals surface area contributed by atoms with E-state index >= 15 is 0 Å². The SMILES string of the molecule is CC(C)(O)CCn1c2nc(C3CCCC3)nc-2c2n(c1=O)C[C@@H](Cc1ccccc1)N2. The average molecular weight is 422 g/mol. The fraction of sp³-hybridized carbons (Fsp3) is 0.542. The van der Waals surface area contributed by atoms with Crippen molar-refractivity contribution in [3.05, 3.63) is 52.2 Å². The number of aromatic nitrogens is 4. The third kappa shape index (κ3) is 3.99. The van der Waals surface area contributed by atoms with Crippen molar-refractivity contribution in [3.8, 4) is 11.5 Å². The maximum absolute atomic E-state index is 13.5. The van der Waals surface area contributed by atoms with Gasteiger partial charge in [-0.15, -0.1) is 0 Å². The smallest absolute Gasteiger partial charge is 0.331 e. The average Bonchev–Trinajstić information content (AvgIpc) is 3.47. The fourth-order valence-electron chi connectivity index (χ4n) is 4.90. The predicted molar refractivity (Wildman–Crippen MR) is 121 cm³/mol. The Balaban J connectivity index is 1.54. The molecule has 0 amide bonds. The topological polar surface area (TPSA) is 85.0 Å². The van der Waals surface area contributed by atoms with Gasteiger partial charge in [-0.05, 0) is 45.1 Å². The summed E-state index contributed by atoms with van der Waals surface area (Å²) in [6.45, 7) is 4.57. The van der Waals surface area contributed by atoms with E-state index in [2.05, 4.69) is 17.4 Å². The molecule has 1 fully saturated rings. The third-order valence-electron chi connectivity index (χ3n) is 6.61. The zero-order valence-electron chi connectivity index (χ0n) is 18.3. The maximum atomic E-state index is 13.5. The van der Waals surface area contributed by atoms with Gasteiger partial charge in [0, 0.05) is 25.0 Å². The minimum atomic E-state index is -0.849. The number of hydrogen-bond acceptors (Lipinski definition) is 5. The van der Waals surface area contributed by atoms with Crippen LogP contribution in [0, 0.1) is 0 Å². The zero-order chi connectivity index (χ0) is 21.6. The van der Waals surface area contributed by atoms with Gasteiger partial charge >= 0.3 is 5.69 Å². The van der Waals surface area contributed by atoms with Crippen LogP contribution < -0.4 is 11.0 Å². The van der Waals surface area contributed by atoms with Gasteiger partial charge in [0.25, 0.3) is 0 Å². The zero-order valence-corrected chi connectivity index (χ0v) is 18.3. The van der Waals surface area contributed by atoms with Crippen molar-refractivity contribution in [1.29, 1.82) is 0 Å². The monoisotopic (exact) mass is 421 g/mol. The van der Waals surface area contributed by atoms with Crippen molar-refractivity contribution in [2.75, 3.05) is 5.32 Å². The van der Waals surface area contributed by atoms with Gasteiger partial charge < -0.3 is 10.4 Å². The molecule has 5 rings (SSSR count). The second-order valence-corrected chi connectivity index (χ2v) is 9.72. The van der Waals surface area contributed by atoms with Crippen molar-refractivity contribution in [2.24, 2.45) is 0 Å². The standard InChI is InChI=1S/C24H31N5O2/c1-24(2,31)12-13-28-22-19(26-20(27-22)17-10-6-7-11-17)21-25-18(15-29(21)23(28)30)14-16-8-4-3-5-9-16/h3-5,8-9,17-18,25,31H,6-7,10-15H2,1-2H3/t18-/m1/s1. The first kappa shape index (κ1) is 20.2. The summed E-state index contributed by atoms with van der Waals surface area (Å²) >= 11 is 0. The molecule has 4 aliphatic rings. The molecular weight excluding hydrogens is 390 g/mol. The van der Waals surface area contributed by atoms with E-state index in [1.54, 1.807) is 18.4 Å². The Labute approximate surface area is 182 Å². The van der Waals surface area contributed by atoms with Gasteiger partial charge in [0.05, 0.1) is 5.60 Å². The number of anilines is 1. The van der Waals surface area contributed by atoms with Gasteiger partial charge in [0.2, 0.25) is 0 Å². The van der Waals surface area contributed by atoms with Crippen LogP contribution in [0.25, 0.3) is 11.5 Å². The van der Waals surface area contributed by atoms with E-state index in [1.807, 2.05) is 22.8 Å². The number of aliphatic hydroxyl groups is 1. The van der Waals surface area contributed by atoms with Crippen LogP contribution in [0.4, 0.5) is 5.82 Å². The van der Waals surface area contributed by atoms with Gasteiger partial charge in [-0.3, -0.25) is 9.13 Å². The molecule has 1 atom stereocenters. The Kier molecular flexibility index (Phi) is 5.08. The summed E-state index contributed by atoms with van der Waals surface area (Å²) in [6.07, 6.45) is 5.98. The highest BCUT2D eigenvalue weighted by Gasteiger charge is 2.33. The summed E-state index contributed by atoms with van der Waals surface area (Å²) in [5.41, 5.74) is 1.10. The molecular formula is C24H31N5O2. The number of rotatable bonds is 6. The van der Waals surface area contributed by atoms with Crippen LogP contribution in [0.3, 0.4) is 0 Å². The molecule has 1 aliphatic carbocycles. The molecule has 0 radical (unpaired) electrons. The highest BCUT2D eigenvalue weighted by atomic mass is 16.3. The van der Waals surface area contributed by atoms with Crippen LogP contribution in [-0.4, -0.2) is 35.9 Å². The summed E-state index contributed by atoms with van der Waals surface area (Å²) in [5.74, 6) is 2.69. The molecule has 0 spiro atoms. The molecule has 3 heterocycles.